The van der Waals surface area contributed by atoms with Gasteiger partial charge in [-0.2, -0.15) is 0 Å². The molecule has 0 bridgehead atoms. The molecule has 4 nitrogen and oxygen atoms in total. The van der Waals surface area contributed by atoms with Gasteiger partial charge in [-0.05, 0) is 40.2 Å². The predicted octanol–water partition coefficient (Wildman–Crippen LogP) is 1.99. The molecule has 16 heavy (non-hydrogen) atoms. The largest absolute Gasteiger partial charge is 0.480 e. The van der Waals surface area contributed by atoms with Crippen LogP contribution in [0.5, 0.6) is 0 Å². The van der Waals surface area contributed by atoms with Gasteiger partial charge in [0.1, 0.15) is 5.54 Å². The van der Waals surface area contributed by atoms with E-state index in [9.17, 15) is 9.90 Å². The van der Waals surface area contributed by atoms with Gasteiger partial charge >= 0.3 is 5.97 Å². The van der Waals surface area contributed by atoms with E-state index in [0.29, 0.717) is 13.0 Å². The molecule has 0 aromatic heterocycles. The Hall–Kier alpha value is -0.610. The lowest BCUT2D eigenvalue weighted by atomic mass is 9.94. The summed E-state index contributed by atoms with van der Waals surface area (Å²) in [6, 6.07) is 0.220. The Bertz CT molecular complexity index is 218. The average molecular weight is 231 g/mol. The minimum atomic E-state index is -0.833. The van der Waals surface area contributed by atoms with Crippen LogP contribution in [-0.4, -0.2) is 47.8 Å². The summed E-state index contributed by atoms with van der Waals surface area (Å²) >= 11 is 0. The summed E-state index contributed by atoms with van der Waals surface area (Å²) in [6.45, 7) is 9.17. The molecule has 0 amide bonds. The van der Waals surface area contributed by atoms with Crippen molar-refractivity contribution >= 4 is 5.97 Å². The summed E-state index contributed by atoms with van der Waals surface area (Å²) < 4.78 is 5.01. The lowest BCUT2D eigenvalue weighted by molar-refractivity contribution is -0.153. The van der Waals surface area contributed by atoms with Gasteiger partial charge in [-0.3, -0.25) is 9.69 Å². The van der Waals surface area contributed by atoms with E-state index >= 15 is 0 Å². The molecule has 0 aliphatic carbocycles. The molecule has 0 spiro atoms. The van der Waals surface area contributed by atoms with Gasteiger partial charge in [-0.25, -0.2) is 0 Å². The molecule has 96 valence electrons. The average Bonchev–Trinajstić information content (AvgIpc) is 2.21. The van der Waals surface area contributed by atoms with Crippen LogP contribution in [0.4, 0.5) is 0 Å². The van der Waals surface area contributed by atoms with Crippen LogP contribution in [0.2, 0.25) is 0 Å². The van der Waals surface area contributed by atoms with E-state index in [2.05, 4.69) is 6.92 Å². The fraction of sp³-hybridized carbons (Fsp3) is 0.917. The minimum absolute atomic E-state index is 0.220. The van der Waals surface area contributed by atoms with Crippen molar-refractivity contribution in [1.82, 2.24) is 4.90 Å². The first-order valence-electron chi connectivity index (χ1n) is 5.89. The van der Waals surface area contributed by atoms with Gasteiger partial charge in [0.2, 0.25) is 0 Å². The van der Waals surface area contributed by atoms with Crippen molar-refractivity contribution in [2.24, 2.45) is 0 Å². The van der Waals surface area contributed by atoms with Crippen molar-refractivity contribution < 1.29 is 14.6 Å². The topological polar surface area (TPSA) is 49.8 Å². The molecule has 0 saturated carbocycles. The summed E-state index contributed by atoms with van der Waals surface area (Å²) in [5.74, 6) is -0.772. The number of hydrogen-bond acceptors (Lipinski definition) is 3. The van der Waals surface area contributed by atoms with Gasteiger partial charge in [0.25, 0.3) is 0 Å². The second-order valence-corrected chi connectivity index (χ2v) is 4.61. The Kier molecular flexibility index (Phi) is 6.60. The van der Waals surface area contributed by atoms with Crippen LogP contribution in [0.25, 0.3) is 0 Å². The highest BCUT2D eigenvalue weighted by atomic mass is 16.5. The Labute approximate surface area is 98.6 Å². The van der Waals surface area contributed by atoms with Crippen LogP contribution < -0.4 is 0 Å². The summed E-state index contributed by atoms with van der Waals surface area (Å²) in [6.07, 6.45) is 1.46. The number of carboxylic acids is 1. The predicted molar refractivity (Wildman–Crippen MR) is 64.7 cm³/mol. The molecular formula is C12H25NO3. The molecule has 0 rings (SSSR count). The van der Waals surface area contributed by atoms with Crippen LogP contribution in [0.1, 0.15) is 40.5 Å². The third-order valence-electron chi connectivity index (χ3n) is 2.98. The molecule has 0 aliphatic heterocycles. The van der Waals surface area contributed by atoms with Crippen molar-refractivity contribution in [1.29, 1.82) is 0 Å². The number of hydrogen-bond donors (Lipinski definition) is 1. The zero-order valence-corrected chi connectivity index (χ0v) is 11.1. The van der Waals surface area contributed by atoms with Crippen molar-refractivity contribution in [3.63, 3.8) is 0 Å². The maximum absolute atomic E-state index is 11.5. The fourth-order valence-corrected chi connectivity index (χ4v) is 1.99. The lowest BCUT2D eigenvalue weighted by Gasteiger charge is -2.40. The van der Waals surface area contributed by atoms with Gasteiger partial charge in [0.05, 0.1) is 0 Å². The highest BCUT2D eigenvalue weighted by molar-refractivity contribution is 5.78. The SMILES string of the molecule is CCCN(C(C)C)C(C)(CCOC)C(=O)O. The number of ether oxygens (including phenoxy) is 1. The zero-order chi connectivity index (χ0) is 12.8. The van der Waals surface area contributed by atoms with E-state index in [1.807, 2.05) is 18.7 Å². The van der Waals surface area contributed by atoms with E-state index in [-0.39, 0.29) is 6.04 Å². The second kappa shape index (κ2) is 6.86. The first kappa shape index (κ1) is 15.4. The minimum Gasteiger partial charge on any atom is -0.480 e. The van der Waals surface area contributed by atoms with Crippen LogP contribution in [0.3, 0.4) is 0 Å². The Morgan fingerprint density at radius 3 is 2.38 bits per heavy atom. The molecule has 4 heteroatoms. The molecule has 0 saturated heterocycles. The van der Waals surface area contributed by atoms with Gasteiger partial charge in [-0.15, -0.1) is 0 Å². The molecule has 0 heterocycles. The Morgan fingerprint density at radius 1 is 1.50 bits per heavy atom. The number of nitrogens with zero attached hydrogens (tertiary/aromatic N) is 1. The van der Waals surface area contributed by atoms with Crippen LogP contribution in [0.15, 0.2) is 0 Å². The second-order valence-electron chi connectivity index (χ2n) is 4.61. The fourth-order valence-electron chi connectivity index (χ4n) is 1.99. The number of methoxy groups -OCH3 is 1. The number of carbonyl (C=O) groups is 1. The Morgan fingerprint density at radius 2 is 2.06 bits per heavy atom. The summed E-state index contributed by atoms with van der Waals surface area (Å²) in [5.41, 5.74) is -0.833. The molecule has 0 fully saturated rings. The summed E-state index contributed by atoms with van der Waals surface area (Å²) in [7, 11) is 1.60. The number of aliphatic carboxylic acids is 1. The molecular weight excluding hydrogens is 206 g/mol. The van der Waals surface area contributed by atoms with Gasteiger partial charge < -0.3 is 9.84 Å². The van der Waals surface area contributed by atoms with E-state index in [1.54, 1.807) is 14.0 Å². The maximum Gasteiger partial charge on any atom is 0.323 e. The van der Waals surface area contributed by atoms with Crippen molar-refractivity contribution in [2.45, 2.75) is 52.1 Å². The maximum atomic E-state index is 11.5. The van der Waals surface area contributed by atoms with Crippen molar-refractivity contribution in [2.75, 3.05) is 20.3 Å². The molecule has 0 aliphatic rings. The van der Waals surface area contributed by atoms with Crippen molar-refractivity contribution in [3.8, 4) is 0 Å². The molecule has 0 radical (unpaired) electrons. The number of carboxylic acid groups (broad SMARTS) is 1. The van der Waals surface area contributed by atoms with Crippen molar-refractivity contribution in [3.05, 3.63) is 0 Å². The first-order valence-corrected chi connectivity index (χ1v) is 5.89. The molecule has 1 atom stereocenters. The van der Waals surface area contributed by atoms with Gasteiger partial charge in [-0.1, -0.05) is 6.92 Å². The highest BCUT2D eigenvalue weighted by Gasteiger charge is 2.39. The van der Waals surface area contributed by atoms with E-state index in [1.165, 1.54) is 0 Å². The summed E-state index contributed by atoms with van der Waals surface area (Å²) in [5, 5.41) is 9.41. The smallest absolute Gasteiger partial charge is 0.323 e. The van der Waals surface area contributed by atoms with E-state index in [4.69, 9.17) is 4.74 Å². The lowest BCUT2D eigenvalue weighted by Crippen LogP contribution is -2.56. The standard InChI is InChI=1S/C12H25NO3/c1-6-8-13(10(2)3)12(4,11(14)15)7-9-16-5/h10H,6-9H2,1-5H3,(H,14,15). The monoisotopic (exact) mass is 231 g/mol. The quantitative estimate of drug-likeness (QED) is 0.694. The van der Waals surface area contributed by atoms with Gasteiger partial charge in [0.15, 0.2) is 0 Å². The Balaban J connectivity index is 4.88. The van der Waals surface area contributed by atoms with E-state index < -0.39 is 11.5 Å². The molecule has 0 aromatic rings. The third-order valence-corrected chi connectivity index (χ3v) is 2.98. The first-order chi connectivity index (χ1) is 7.40. The molecule has 0 aromatic carbocycles. The summed E-state index contributed by atoms with van der Waals surface area (Å²) in [4.78, 5) is 13.5. The number of rotatable bonds is 8. The van der Waals surface area contributed by atoms with Crippen LogP contribution in [0, 0.1) is 0 Å². The molecule has 1 N–H and O–H groups in total. The van der Waals surface area contributed by atoms with Crippen LogP contribution >= 0.6 is 0 Å². The normalized spacial score (nSPS) is 15.4. The highest BCUT2D eigenvalue weighted by Crippen LogP contribution is 2.23. The molecule has 1 unspecified atom stereocenters. The van der Waals surface area contributed by atoms with Gasteiger partial charge in [0, 0.05) is 19.8 Å². The zero-order valence-electron chi connectivity index (χ0n) is 11.1. The third kappa shape index (κ3) is 3.76. The van der Waals surface area contributed by atoms with E-state index in [0.717, 1.165) is 13.0 Å². The van der Waals surface area contributed by atoms with Crippen LogP contribution in [-0.2, 0) is 9.53 Å².